The molecule has 0 radical (unpaired) electrons. The fourth-order valence-corrected chi connectivity index (χ4v) is 0.918. The molecule has 14 heavy (non-hydrogen) atoms. The Morgan fingerprint density at radius 2 is 2.29 bits per heavy atom. The summed E-state index contributed by atoms with van der Waals surface area (Å²) in [4.78, 5) is 24.6. The maximum absolute atomic E-state index is 11.3. The molecule has 1 aromatic rings. The fraction of sp³-hybridized carbons (Fsp3) is 0.111. The van der Waals surface area contributed by atoms with E-state index in [1.807, 2.05) is 0 Å². The van der Waals surface area contributed by atoms with Crippen LogP contribution < -0.4 is 10.9 Å². The molecule has 0 bridgehead atoms. The second-order valence-electron chi connectivity index (χ2n) is 2.63. The Morgan fingerprint density at radius 3 is 2.86 bits per heavy atom. The number of nitrogens with one attached hydrogen (secondary N) is 2. The zero-order chi connectivity index (χ0) is 10.6. The van der Waals surface area contributed by atoms with Crippen LogP contribution in [0.5, 0.6) is 0 Å². The maximum atomic E-state index is 11.3. The number of halogens is 1. The molecule has 0 aromatic carbocycles. The van der Waals surface area contributed by atoms with Gasteiger partial charge in [0.15, 0.2) is 0 Å². The summed E-state index contributed by atoms with van der Waals surface area (Å²) in [7, 11) is 0. The monoisotopic (exact) mass is 212 g/mol. The van der Waals surface area contributed by atoms with Crippen molar-refractivity contribution >= 4 is 17.5 Å². The third-order valence-electron chi connectivity index (χ3n) is 1.45. The number of hydrogen-bond donors (Lipinski definition) is 2. The Labute approximate surface area is 85.6 Å². The standard InChI is InChI=1S/C9H9ClN2O2/c1-6(10)5-11-9(14)7-3-2-4-8(13)12-7/h2-4H,1,5H2,(H,11,14)(H,12,13). The highest BCUT2D eigenvalue weighted by atomic mass is 35.5. The van der Waals surface area contributed by atoms with Crippen LogP contribution in [0.2, 0.25) is 0 Å². The first-order chi connectivity index (χ1) is 6.59. The van der Waals surface area contributed by atoms with E-state index >= 15 is 0 Å². The minimum absolute atomic E-state index is 0.178. The van der Waals surface area contributed by atoms with Gasteiger partial charge in [0.1, 0.15) is 5.69 Å². The van der Waals surface area contributed by atoms with Gasteiger partial charge in [-0.25, -0.2) is 0 Å². The SMILES string of the molecule is C=C(Cl)CNC(=O)c1cccc(=O)[nH]1. The molecule has 0 saturated carbocycles. The summed E-state index contributed by atoms with van der Waals surface area (Å²) in [6, 6.07) is 4.34. The minimum atomic E-state index is -0.385. The largest absolute Gasteiger partial charge is 0.346 e. The highest BCUT2D eigenvalue weighted by Gasteiger charge is 2.04. The number of carbonyl (C=O) groups is 1. The van der Waals surface area contributed by atoms with Crippen molar-refractivity contribution < 1.29 is 4.79 Å². The van der Waals surface area contributed by atoms with Crippen molar-refractivity contribution in [3.8, 4) is 0 Å². The molecule has 0 unspecified atom stereocenters. The Balaban J connectivity index is 2.70. The van der Waals surface area contributed by atoms with Crippen molar-refractivity contribution in [2.75, 3.05) is 6.54 Å². The van der Waals surface area contributed by atoms with Crippen LogP contribution in [0.1, 0.15) is 10.5 Å². The van der Waals surface area contributed by atoms with Crippen molar-refractivity contribution in [2.45, 2.75) is 0 Å². The molecule has 1 amide bonds. The van der Waals surface area contributed by atoms with Crippen molar-refractivity contribution in [3.63, 3.8) is 0 Å². The summed E-state index contributed by atoms with van der Waals surface area (Å²) >= 11 is 5.46. The smallest absolute Gasteiger partial charge is 0.268 e. The van der Waals surface area contributed by atoms with Crippen molar-refractivity contribution in [2.24, 2.45) is 0 Å². The average molecular weight is 213 g/mol. The lowest BCUT2D eigenvalue weighted by atomic mass is 10.3. The lowest BCUT2D eigenvalue weighted by Gasteiger charge is -2.02. The topological polar surface area (TPSA) is 62.0 Å². The van der Waals surface area contributed by atoms with Gasteiger partial charge in [0.05, 0.1) is 6.54 Å². The molecule has 5 heteroatoms. The van der Waals surface area contributed by atoms with Gasteiger partial charge in [-0.15, -0.1) is 0 Å². The van der Waals surface area contributed by atoms with E-state index in [2.05, 4.69) is 16.9 Å². The van der Waals surface area contributed by atoms with Gasteiger partial charge in [-0.1, -0.05) is 24.2 Å². The third-order valence-corrected chi connectivity index (χ3v) is 1.59. The van der Waals surface area contributed by atoms with Crippen LogP contribution >= 0.6 is 11.6 Å². The molecule has 1 aromatic heterocycles. The Kier molecular flexibility index (Phi) is 3.48. The molecule has 0 fully saturated rings. The molecule has 0 atom stereocenters. The Hall–Kier alpha value is -1.55. The number of pyridine rings is 1. The second kappa shape index (κ2) is 4.62. The van der Waals surface area contributed by atoms with Gasteiger partial charge in [-0.05, 0) is 6.07 Å². The molecule has 2 N–H and O–H groups in total. The van der Waals surface area contributed by atoms with Crippen LogP contribution in [-0.2, 0) is 0 Å². The lowest BCUT2D eigenvalue weighted by Crippen LogP contribution is -2.27. The normalized spacial score (nSPS) is 9.50. The van der Waals surface area contributed by atoms with E-state index in [1.54, 1.807) is 0 Å². The molecule has 1 heterocycles. The molecule has 74 valence electrons. The summed E-state index contributed by atoms with van der Waals surface area (Å²) in [5, 5.41) is 2.82. The Morgan fingerprint density at radius 1 is 1.57 bits per heavy atom. The molecular weight excluding hydrogens is 204 g/mol. The lowest BCUT2D eigenvalue weighted by molar-refractivity contribution is 0.0952. The quantitative estimate of drug-likeness (QED) is 0.781. The van der Waals surface area contributed by atoms with E-state index in [-0.39, 0.29) is 23.7 Å². The van der Waals surface area contributed by atoms with E-state index in [0.29, 0.717) is 5.03 Å². The zero-order valence-electron chi connectivity index (χ0n) is 7.34. The predicted octanol–water partition coefficient (Wildman–Crippen LogP) is 0.857. The molecule has 0 aliphatic carbocycles. The van der Waals surface area contributed by atoms with Crippen molar-refractivity contribution in [3.05, 3.63) is 45.9 Å². The number of amides is 1. The minimum Gasteiger partial charge on any atom is -0.346 e. The van der Waals surface area contributed by atoms with Gasteiger partial charge in [-0.2, -0.15) is 0 Å². The van der Waals surface area contributed by atoms with Crippen LogP contribution in [0.3, 0.4) is 0 Å². The van der Waals surface area contributed by atoms with Crippen LogP contribution in [0.15, 0.2) is 34.6 Å². The van der Waals surface area contributed by atoms with Crippen LogP contribution in [-0.4, -0.2) is 17.4 Å². The van der Waals surface area contributed by atoms with Gasteiger partial charge < -0.3 is 10.3 Å². The highest BCUT2D eigenvalue weighted by molar-refractivity contribution is 6.29. The highest BCUT2D eigenvalue weighted by Crippen LogP contribution is 1.94. The first kappa shape index (κ1) is 10.5. The molecule has 0 aliphatic rings. The van der Waals surface area contributed by atoms with Gasteiger partial charge in [0, 0.05) is 11.1 Å². The Bertz CT molecular complexity index is 411. The molecule has 0 spiro atoms. The number of aromatic amines is 1. The zero-order valence-corrected chi connectivity index (χ0v) is 8.10. The van der Waals surface area contributed by atoms with E-state index in [4.69, 9.17) is 11.6 Å². The van der Waals surface area contributed by atoms with Gasteiger partial charge >= 0.3 is 0 Å². The molecular formula is C9H9ClN2O2. The third kappa shape index (κ3) is 3.06. The van der Waals surface area contributed by atoms with Crippen LogP contribution in [0.25, 0.3) is 0 Å². The first-order valence-corrected chi connectivity index (χ1v) is 4.28. The number of aromatic nitrogens is 1. The van der Waals surface area contributed by atoms with Gasteiger partial charge in [0.2, 0.25) is 5.56 Å². The van der Waals surface area contributed by atoms with Crippen LogP contribution in [0, 0.1) is 0 Å². The summed E-state index contributed by atoms with van der Waals surface area (Å²) in [5.74, 6) is -0.385. The van der Waals surface area contributed by atoms with E-state index in [9.17, 15) is 9.59 Å². The molecule has 1 rings (SSSR count). The molecule has 0 aliphatic heterocycles. The summed E-state index contributed by atoms with van der Waals surface area (Å²) in [6.45, 7) is 3.59. The second-order valence-corrected chi connectivity index (χ2v) is 3.16. The first-order valence-electron chi connectivity index (χ1n) is 3.90. The molecule has 0 saturated heterocycles. The van der Waals surface area contributed by atoms with Gasteiger partial charge in [-0.3, -0.25) is 9.59 Å². The van der Waals surface area contributed by atoms with Crippen molar-refractivity contribution in [1.29, 1.82) is 0 Å². The molecule has 4 nitrogen and oxygen atoms in total. The van der Waals surface area contributed by atoms with E-state index in [0.717, 1.165) is 0 Å². The average Bonchev–Trinajstić information content (AvgIpc) is 2.14. The maximum Gasteiger partial charge on any atom is 0.268 e. The number of carbonyl (C=O) groups excluding carboxylic acids is 1. The summed E-state index contributed by atoms with van der Waals surface area (Å²) < 4.78 is 0. The van der Waals surface area contributed by atoms with E-state index in [1.165, 1.54) is 18.2 Å². The summed E-state index contributed by atoms with van der Waals surface area (Å²) in [6.07, 6.45) is 0. The fourth-order valence-electron chi connectivity index (χ4n) is 0.852. The summed E-state index contributed by atoms with van der Waals surface area (Å²) in [5.41, 5.74) is -0.113. The van der Waals surface area contributed by atoms with Crippen LogP contribution in [0.4, 0.5) is 0 Å². The van der Waals surface area contributed by atoms with Gasteiger partial charge in [0.25, 0.3) is 5.91 Å². The van der Waals surface area contributed by atoms with Crippen molar-refractivity contribution in [1.82, 2.24) is 10.3 Å². The number of H-pyrrole nitrogens is 1. The predicted molar refractivity (Wildman–Crippen MR) is 54.4 cm³/mol. The number of rotatable bonds is 3. The van der Waals surface area contributed by atoms with E-state index < -0.39 is 0 Å². The number of hydrogen-bond acceptors (Lipinski definition) is 2.